The van der Waals surface area contributed by atoms with Gasteiger partial charge in [-0.25, -0.2) is 15.0 Å². The Balaban J connectivity index is 1.55. The van der Waals surface area contributed by atoms with Gasteiger partial charge in [0, 0.05) is 55.8 Å². The molecule has 162 valence electrons. The third-order valence-corrected chi connectivity index (χ3v) is 4.94. The molecule has 0 radical (unpaired) electrons. The Morgan fingerprint density at radius 3 is 2.29 bits per heavy atom. The second kappa shape index (κ2) is 9.43. The fourth-order valence-electron chi connectivity index (χ4n) is 3.38. The number of nitrogens with zero attached hydrogens (tertiary/aromatic N) is 5. The van der Waals surface area contributed by atoms with Gasteiger partial charge in [-0.3, -0.25) is 0 Å². The quantitative estimate of drug-likeness (QED) is 0.587. The maximum absolute atomic E-state index is 5.40. The van der Waals surface area contributed by atoms with Crippen LogP contribution in [-0.4, -0.2) is 67.4 Å². The van der Waals surface area contributed by atoms with E-state index < -0.39 is 0 Å². The van der Waals surface area contributed by atoms with Crippen molar-refractivity contribution in [1.29, 1.82) is 0 Å². The summed E-state index contributed by atoms with van der Waals surface area (Å²) in [7, 11) is 4.70. The zero-order valence-electron chi connectivity index (χ0n) is 17.8. The zero-order chi connectivity index (χ0) is 21.6. The Hall–Kier alpha value is -3.66. The van der Waals surface area contributed by atoms with E-state index in [4.69, 9.17) is 14.2 Å². The first-order chi connectivity index (χ1) is 15.2. The highest BCUT2D eigenvalue weighted by atomic mass is 16.5. The van der Waals surface area contributed by atoms with Crippen LogP contribution in [-0.2, 0) is 0 Å². The molecule has 1 saturated heterocycles. The maximum Gasteiger partial charge on any atom is 0.230 e. The Morgan fingerprint density at radius 1 is 0.935 bits per heavy atom. The van der Waals surface area contributed by atoms with Gasteiger partial charge in [-0.15, -0.1) is 0 Å². The van der Waals surface area contributed by atoms with Crippen LogP contribution in [0.25, 0.3) is 11.4 Å². The molecule has 1 aliphatic heterocycles. The molecular formula is C21H25N7O3. The number of hydrogen-bond donors (Lipinski definition) is 2. The van der Waals surface area contributed by atoms with E-state index >= 15 is 0 Å². The molecule has 0 amide bonds. The molecule has 0 saturated carbocycles. The molecule has 0 unspecified atom stereocenters. The predicted molar refractivity (Wildman–Crippen MR) is 118 cm³/mol. The monoisotopic (exact) mass is 423 g/mol. The number of methoxy groups -OCH3 is 3. The van der Waals surface area contributed by atoms with Crippen LogP contribution in [0.3, 0.4) is 0 Å². The van der Waals surface area contributed by atoms with Crippen LogP contribution in [0.15, 0.2) is 36.8 Å². The largest absolute Gasteiger partial charge is 0.493 e. The van der Waals surface area contributed by atoms with Crippen molar-refractivity contribution in [3.8, 4) is 28.6 Å². The lowest BCUT2D eigenvalue weighted by atomic mass is 10.2. The molecule has 4 rings (SSSR count). The minimum Gasteiger partial charge on any atom is -0.493 e. The third-order valence-electron chi connectivity index (χ3n) is 4.94. The van der Waals surface area contributed by atoms with E-state index in [0.717, 1.165) is 37.6 Å². The lowest BCUT2D eigenvalue weighted by Crippen LogP contribution is -2.43. The number of anilines is 3. The molecule has 0 atom stereocenters. The molecule has 0 aliphatic carbocycles. The summed E-state index contributed by atoms with van der Waals surface area (Å²) in [6.45, 7) is 3.82. The van der Waals surface area contributed by atoms with E-state index in [9.17, 15) is 0 Å². The highest BCUT2D eigenvalue weighted by Gasteiger charge is 2.15. The molecule has 2 N–H and O–H groups in total. The normalized spacial score (nSPS) is 13.6. The average molecular weight is 423 g/mol. The van der Waals surface area contributed by atoms with Crippen LogP contribution in [0.4, 0.5) is 17.5 Å². The fourth-order valence-corrected chi connectivity index (χ4v) is 3.38. The molecule has 10 nitrogen and oxygen atoms in total. The Labute approximate surface area is 180 Å². The Morgan fingerprint density at radius 2 is 1.68 bits per heavy atom. The van der Waals surface area contributed by atoms with E-state index in [2.05, 4.69) is 35.5 Å². The van der Waals surface area contributed by atoms with Gasteiger partial charge in [0.2, 0.25) is 11.7 Å². The molecular weight excluding hydrogens is 398 g/mol. The van der Waals surface area contributed by atoms with Crippen LogP contribution in [0.2, 0.25) is 0 Å². The first-order valence-corrected chi connectivity index (χ1v) is 9.90. The van der Waals surface area contributed by atoms with Crippen LogP contribution < -0.4 is 29.7 Å². The van der Waals surface area contributed by atoms with Gasteiger partial charge in [0.25, 0.3) is 0 Å². The van der Waals surface area contributed by atoms with Crippen LogP contribution in [0.1, 0.15) is 0 Å². The average Bonchev–Trinajstić information content (AvgIpc) is 2.84. The van der Waals surface area contributed by atoms with Crippen molar-refractivity contribution < 1.29 is 14.2 Å². The third kappa shape index (κ3) is 4.58. The van der Waals surface area contributed by atoms with Crippen molar-refractivity contribution in [3.63, 3.8) is 0 Å². The van der Waals surface area contributed by atoms with Gasteiger partial charge >= 0.3 is 0 Å². The van der Waals surface area contributed by atoms with E-state index in [-0.39, 0.29) is 0 Å². The molecule has 10 heteroatoms. The molecule has 3 heterocycles. The molecule has 2 aromatic heterocycles. The van der Waals surface area contributed by atoms with Gasteiger partial charge in [0.15, 0.2) is 17.3 Å². The highest BCUT2D eigenvalue weighted by Crippen LogP contribution is 2.40. The van der Waals surface area contributed by atoms with Crippen molar-refractivity contribution in [2.75, 3.05) is 57.7 Å². The molecule has 1 aliphatic rings. The standard InChI is InChI=1S/C21H25N7O3/c1-29-16-10-15(11-17(30-2)19(16)31-3)26-21-25-13-24-20(27-21)14-4-5-18(23-12-14)28-8-6-22-7-9-28/h4-5,10-13,22H,6-9H2,1-3H3,(H,24,25,26,27). The van der Waals surface area contributed by atoms with Crippen molar-refractivity contribution in [3.05, 3.63) is 36.8 Å². The van der Waals surface area contributed by atoms with Crippen LogP contribution in [0, 0.1) is 0 Å². The molecule has 1 fully saturated rings. The van der Waals surface area contributed by atoms with Gasteiger partial charge in [-0.1, -0.05) is 0 Å². The second-order valence-electron chi connectivity index (χ2n) is 6.81. The van der Waals surface area contributed by atoms with E-state index in [1.807, 2.05) is 12.1 Å². The Kier molecular flexibility index (Phi) is 6.27. The zero-order valence-corrected chi connectivity index (χ0v) is 17.8. The van der Waals surface area contributed by atoms with Gasteiger partial charge in [0.1, 0.15) is 12.1 Å². The summed E-state index contributed by atoms with van der Waals surface area (Å²) in [4.78, 5) is 19.9. The molecule has 0 spiro atoms. The van der Waals surface area contributed by atoms with Crippen LogP contribution in [0.5, 0.6) is 17.2 Å². The summed E-state index contributed by atoms with van der Waals surface area (Å²) in [5.41, 5.74) is 1.51. The van der Waals surface area contributed by atoms with Gasteiger partial charge < -0.3 is 29.7 Å². The van der Waals surface area contributed by atoms with Gasteiger partial charge in [-0.05, 0) is 12.1 Å². The summed E-state index contributed by atoms with van der Waals surface area (Å²) < 4.78 is 16.2. The molecule has 0 bridgehead atoms. The van der Waals surface area contributed by atoms with Crippen LogP contribution >= 0.6 is 0 Å². The summed E-state index contributed by atoms with van der Waals surface area (Å²) >= 11 is 0. The molecule has 31 heavy (non-hydrogen) atoms. The fraction of sp³-hybridized carbons (Fsp3) is 0.333. The van der Waals surface area contributed by atoms with Crippen molar-refractivity contribution in [1.82, 2.24) is 25.3 Å². The number of rotatable bonds is 7. The summed E-state index contributed by atoms with van der Waals surface area (Å²) in [6.07, 6.45) is 3.25. The highest BCUT2D eigenvalue weighted by molar-refractivity contribution is 5.66. The van der Waals surface area contributed by atoms with Crippen molar-refractivity contribution in [2.45, 2.75) is 0 Å². The molecule has 1 aromatic carbocycles. The predicted octanol–water partition coefficient (Wildman–Crippen LogP) is 2.11. The second-order valence-corrected chi connectivity index (χ2v) is 6.81. The van der Waals surface area contributed by atoms with Crippen molar-refractivity contribution in [2.24, 2.45) is 0 Å². The number of pyridine rings is 1. The Bertz CT molecular complexity index is 999. The first kappa shape index (κ1) is 20.6. The number of benzene rings is 1. The summed E-state index contributed by atoms with van der Waals surface area (Å²) in [5.74, 6) is 3.46. The minimum atomic E-state index is 0.394. The number of aromatic nitrogens is 4. The lowest BCUT2D eigenvalue weighted by Gasteiger charge is -2.28. The van der Waals surface area contributed by atoms with E-state index in [0.29, 0.717) is 34.7 Å². The topological polar surface area (TPSA) is 107 Å². The number of hydrogen-bond acceptors (Lipinski definition) is 10. The minimum absolute atomic E-state index is 0.394. The van der Waals surface area contributed by atoms with E-state index in [1.54, 1.807) is 39.7 Å². The molecule has 3 aromatic rings. The number of piperazine rings is 1. The lowest BCUT2D eigenvalue weighted by molar-refractivity contribution is 0.324. The first-order valence-electron chi connectivity index (χ1n) is 9.90. The number of ether oxygens (including phenoxy) is 3. The maximum atomic E-state index is 5.40. The SMILES string of the molecule is COc1cc(Nc2ncnc(-c3ccc(N4CCNCC4)nc3)n2)cc(OC)c1OC. The van der Waals surface area contributed by atoms with Gasteiger partial charge in [-0.2, -0.15) is 4.98 Å². The van der Waals surface area contributed by atoms with Gasteiger partial charge in [0.05, 0.1) is 21.3 Å². The number of nitrogens with one attached hydrogen (secondary N) is 2. The summed E-state index contributed by atoms with van der Waals surface area (Å²) in [5, 5.41) is 6.51. The van der Waals surface area contributed by atoms with Crippen molar-refractivity contribution >= 4 is 17.5 Å². The smallest absolute Gasteiger partial charge is 0.230 e. The summed E-state index contributed by atoms with van der Waals surface area (Å²) in [6, 6.07) is 7.54. The van der Waals surface area contributed by atoms with E-state index in [1.165, 1.54) is 6.33 Å².